The smallest absolute Gasteiger partial charge is 0.257 e. The van der Waals surface area contributed by atoms with Crippen LogP contribution in [0.25, 0.3) is 0 Å². The summed E-state index contributed by atoms with van der Waals surface area (Å²) in [5.41, 5.74) is 6.71. The van der Waals surface area contributed by atoms with E-state index < -0.39 is 24.6 Å². The Morgan fingerprint density at radius 3 is 2.00 bits per heavy atom. The van der Waals surface area contributed by atoms with Crippen molar-refractivity contribution in [2.75, 3.05) is 11.9 Å². The molecular weight excluding hydrogens is 223 g/mol. The third-order valence-electron chi connectivity index (χ3n) is 1.57. The Bertz CT molecular complexity index is 115. The number of hydrogen-bond acceptors (Lipinski definition) is 0. The maximum absolute atomic E-state index is 12.0. The average molecular weight is 233 g/mol. The molecule has 0 aromatic carbocycles. The van der Waals surface area contributed by atoms with Gasteiger partial charge in [0.25, 0.3) is 0 Å². The van der Waals surface area contributed by atoms with E-state index in [2.05, 4.69) is 15.9 Å². The molecule has 2 atom stereocenters. The first-order chi connectivity index (χ1) is 4.93. The van der Waals surface area contributed by atoms with E-state index in [4.69, 9.17) is 5.73 Å². The molecule has 0 aromatic rings. The molecule has 2 unspecified atom stereocenters. The van der Waals surface area contributed by atoms with Gasteiger partial charge in [-0.25, -0.2) is 0 Å². The fourth-order valence-electron chi connectivity index (χ4n) is 0.747. The minimum atomic E-state index is -4.23. The molecule has 0 rings (SSSR count). The summed E-state index contributed by atoms with van der Waals surface area (Å²) in [6.45, 7) is 0.901. The van der Waals surface area contributed by atoms with Crippen molar-refractivity contribution >= 4 is 15.9 Å². The molecule has 0 saturated carbocycles. The summed E-state index contributed by atoms with van der Waals surface area (Å²) in [4.78, 5) is 0. The zero-order chi connectivity index (χ0) is 9.07. The summed E-state index contributed by atoms with van der Waals surface area (Å²) < 4.78 is 36.1. The van der Waals surface area contributed by atoms with Gasteiger partial charge in [-0.2, -0.15) is 13.2 Å². The van der Waals surface area contributed by atoms with Crippen LogP contribution in [0.4, 0.5) is 13.2 Å². The van der Waals surface area contributed by atoms with E-state index >= 15 is 0 Å². The van der Waals surface area contributed by atoms with Crippen LogP contribution in [0.2, 0.25) is 0 Å². The predicted octanol–water partition coefficient (Wildman–Crippen LogP) is 2.48. The molecule has 1 nitrogen and oxygen atoms in total. The Morgan fingerprint density at radius 2 is 1.91 bits per heavy atom. The van der Waals surface area contributed by atoms with Gasteiger partial charge in [0.2, 0.25) is 0 Å². The number of rotatable bonds is 3. The van der Waals surface area contributed by atoms with Gasteiger partial charge in [0, 0.05) is 11.9 Å². The van der Waals surface area contributed by atoms with Gasteiger partial charge < -0.3 is 0 Å². The van der Waals surface area contributed by atoms with Crippen LogP contribution < -0.4 is 5.73 Å². The summed E-state index contributed by atoms with van der Waals surface area (Å²) in [6, 6.07) is 0. The van der Waals surface area contributed by atoms with Crippen molar-refractivity contribution in [1.29, 1.82) is 0 Å². The van der Waals surface area contributed by atoms with Crippen LogP contribution in [0.3, 0.4) is 0 Å². The third-order valence-corrected chi connectivity index (χ3v) is 2.59. The van der Waals surface area contributed by atoms with Gasteiger partial charge in [0.05, 0.1) is 5.92 Å². The molecule has 0 aliphatic carbocycles. The SMILES string of the molecule is CC(CBr)C(C[NH])C(F)(F)F. The first kappa shape index (κ1) is 11.2. The second kappa shape index (κ2) is 4.30. The van der Waals surface area contributed by atoms with Crippen molar-refractivity contribution < 1.29 is 13.2 Å². The van der Waals surface area contributed by atoms with Gasteiger partial charge in [-0.1, -0.05) is 22.9 Å². The summed E-state index contributed by atoms with van der Waals surface area (Å²) in [5, 5.41) is 0.288. The zero-order valence-corrected chi connectivity index (χ0v) is 7.67. The molecule has 0 spiro atoms. The van der Waals surface area contributed by atoms with Crippen LogP contribution in [0, 0.1) is 11.8 Å². The highest BCUT2D eigenvalue weighted by Crippen LogP contribution is 2.32. The molecule has 5 heteroatoms. The van der Waals surface area contributed by atoms with E-state index in [0.29, 0.717) is 0 Å². The molecule has 67 valence electrons. The standard InChI is InChI=1S/C6H10BrF3N/c1-4(2-7)5(3-11)6(8,9)10/h4-5,11H,2-3H2,1H3. The number of alkyl halides is 4. The monoisotopic (exact) mass is 232 g/mol. The minimum absolute atomic E-state index is 0.288. The molecule has 0 fully saturated rings. The van der Waals surface area contributed by atoms with Gasteiger partial charge in [-0.15, -0.1) is 0 Å². The van der Waals surface area contributed by atoms with Gasteiger partial charge >= 0.3 is 6.18 Å². The topological polar surface area (TPSA) is 23.8 Å². The Kier molecular flexibility index (Phi) is 4.39. The summed E-state index contributed by atoms with van der Waals surface area (Å²) in [5.74, 6) is -2.02. The van der Waals surface area contributed by atoms with E-state index in [1.165, 1.54) is 6.92 Å². The first-order valence-corrected chi connectivity index (χ1v) is 4.33. The quantitative estimate of drug-likeness (QED) is 0.668. The Hall–Kier alpha value is 0.230. The fourth-order valence-corrected chi connectivity index (χ4v) is 1.20. The number of halogens is 4. The number of hydrogen-bond donors (Lipinski definition) is 0. The van der Waals surface area contributed by atoms with E-state index in [0.717, 1.165) is 0 Å². The maximum atomic E-state index is 12.0. The van der Waals surface area contributed by atoms with Crippen LogP contribution in [0.5, 0.6) is 0 Å². The molecule has 0 saturated heterocycles. The molecule has 0 aromatic heterocycles. The zero-order valence-electron chi connectivity index (χ0n) is 6.08. The molecule has 0 aliphatic rings. The molecule has 0 aliphatic heterocycles. The van der Waals surface area contributed by atoms with Crippen LogP contribution in [-0.4, -0.2) is 18.1 Å². The van der Waals surface area contributed by atoms with Crippen molar-refractivity contribution in [3.05, 3.63) is 0 Å². The lowest BCUT2D eigenvalue weighted by Crippen LogP contribution is -2.33. The second-order valence-electron chi connectivity index (χ2n) is 2.48. The van der Waals surface area contributed by atoms with E-state index in [-0.39, 0.29) is 5.33 Å². The minimum Gasteiger partial charge on any atom is -0.257 e. The van der Waals surface area contributed by atoms with Gasteiger partial charge in [-0.05, 0) is 5.92 Å². The van der Waals surface area contributed by atoms with Crippen LogP contribution in [-0.2, 0) is 0 Å². The fraction of sp³-hybridized carbons (Fsp3) is 1.00. The number of nitrogens with one attached hydrogen (secondary N) is 1. The highest BCUT2D eigenvalue weighted by Gasteiger charge is 2.41. The molecule has 0 amide bonds. The molecule has 11 heavy (non-hydrogen) atoms. The molecule has 0 heterocycles. The lowest BCUT2D eigenvalue weighted by atomic mass is 9.96. The highest BCUT2D eigenvalue weighted by atomic mass is 79.9. The first-order valence-electron chi connectivity index (χ1n) is 3.20. The van der Waals surface area contributed by atoms with E-state index in [1.807, 2.05) is 0 Å². The summed E-state index contributed by atoms with van der Waals surface area (Å²) >= 11 is 2.97. The average Bonchev–Trinajstić information content (AvgIpc) is 1.86. The predicted molar refractivity (Wildman–Crippen MR) is 40.5 cm³/mol. The largest absolute Gasteiger partial charge is 0.393 e. The Balaban J connectivity index is 4.16. The van der Waals surface area contributed by atoms with Crippen LogP contribution >= 0.6 is 15.9 Å². The second-order valence-corrected chi connectivity index (χ2v) is 3.13. The van der Waals surface area contributed by atoms with Gasteiger partial charge in [-0.3, -0.25) is 5.73 Å². The van der Waals surface area contributed by atoms with Gasteiger partial charge in [0.1, 0.15) is 0 Å². The normalized spacial score (nSPS) is 18.0. The van der Waals surface area contributed by atoms with Crippen molar-refractivity contribution in [3.63, 3.8) is 0 Å². The van der Waals surface area contributed by atoms with Crippen LogP contribution in [0.1, 0.15) is 6.92 Å². The summed E-state index contributed by atoms with van der Waals surface area (Å²) in [6.07, 6.45) is -4.23. The highest BCUT2D eigenvalue weighted by molar-refractivity contribution is 9.09. The van der Waals surface area contributed by atoms with Gasteiger partial charge in [0.15, 0.2) is 0 Å². The maximum Gasteiger partial charge on any atom is 0.393 e. The van der Waals surface area contributed by atoms with Crippen molar-refractivity contribution in [2.45, 2.75) is 13.1 Å². The lowest BCUT2D eigenvalue weighted by Gasteiger charge is -2.22. The van der Waals surface area contributed by atoms with E-state index in [1.54, 1.807) is 0 Å². The van der Waals surface area contributed by atoms with E-state index in [9.17, 15) is 13.2 Å². The van der Waals surface area contributed by atoms with Crippen LogP contribution in [0.15, 0.2) is 0 Å². The molecule has 0 bridgehead atoms. The molecular formula is C6H10BrF3N. The third kappa shape index (κ3) is 3.42. The van der Waals surface area contributed by atoms with Crippen molar-refractivity contribution in [2.24, 2.45) is 11.8 Å². The van der Waals surface area contributed by atoms with Crippen molar-refractivity contribution in [3.8, 4) is 0 Å². The van der Waals surface area contributed by atoms with Crippen molar-refractivity contribution in [1.82, 2.24) is 5.73 Å². The Labute approximate surface area is 72.3 Å². The molecule has 1 radical (unpaired) electrons. The lowest BCUT2D eigenvalue weighted by molar-refractivity contribution is -0.182. The molecule has 1 N–H and O–H groups in total. The summed E-state index contributed by atoms with van der Waals surface area (Å²) in [7, 11) is 0. The Morgan fingerprint density at radius 1 is 1.45 bits per heavy atom.